The van der Waals surface area contributed by atoms with Gasteiger partial charge in [0.05, 0.1) is 0 Å². The Morgan fingerprint density at radius 3 is 2.22 bits per heavy atom. The quantitative estimate of drug-likeness (QED) is 0.679. The molecule has 0 aliphatic carbocycles. The molecule has 3 aromatic carbocycles. The van der Waals surface area contributed by atoms with Gasteiger partial charge < -0.3 is 10.5 Å². The van der Waals surface area contributed by atoms with Crippen molar-refractivity contribution in [2.45, 2.75) is 0 Å². The van der Waals surface area contributed by atoms with Crippen LogP contribution in [0.5, 0.6) is 11.5 Å². The Labute approximate surface area is 130 Å². The third-order valence-corrected chi connectivity index (χ3v) is 3.25. The highest BCUT2D eigenvalue weighted by Gasteiger charge is 2.12. The van der Waals surface area contributed by atoms with Gasteiger partial charge in [0.1, 0.15) is 17.4 Å². The maximum Gasteiger partial charge on any atom is 0.168 e. The molecule has 0 aliphatic heterocycles. The molecule has 3 rings (SSSR count). The third-order valence-electron chi connectivity index (χ3n) is 3.25. The Morgan fingerprint density at radius 2 is 1.48 bits per heavy atom. The van der Waals surface area contributed by atoms with E-state index in [1.807, 2.05) is 0 Å². The number of anilines is 1. The Bertz CT molecular complexity index is 865. The summed E-state index contributed by atoms with van der Waals surface area (Å²) in [6, 6.07) is 13.6. The molecule has 0 saturated carbocycles. The summed E-state index contributed by atoms with van der Waals surface area (Å²) < 4.78 is 45.7. The first-order valence-electron chi connectivity index (χ1n) is 6.81. The number of nitrogens with two attached hydrogens (primary N) is 1. The highest BCUT2D eigenvalue weighted by Crippen LogP contribution is 2.36. The van der Waals surface area contributed by atoms with E-state index in [2.05, 4.69) is 0 Å². The predicted molar refractivity (Wildman–Crippen MR) is 82.7 cm³/mol. The number of hydrogen-bond donors (Lipinski definition) is 1. The van der Waals surface area contributed by atoms with Gasteiger partial charge in [-0.2, -0.15) is 0 Å². The largest absolute Gasteiger partial charge is 0.454 e. The zero-order chi connectivity index (χ0) is 16.4. The van der Waals surface area contributed by atoms with E-state index in [1.165, 1.54) is 18.2 Å². The van der Waals surface area contributed by atoms with Gasteiger partial charge in [0, 0.05) is 17.3 Å². The number of halogens is 3. The molecule has 0 fully saturated rings. The van der Waals surface area contributed by atoms with E-state index in [9.17, 15) is 13.2 Å². The lowest BCUT2D eigenvalue weighted by molar-refractivity contribution is 0.439. The smallest absolute Gasteiger partial charge is 0.168 e. The van der Waals surface area contributed by atoms with E-state index in [1.54, 1.807) is 30.3 Å². The highest BCUT2D eigenvalue weighted by molar-refractivity contribution is 5.74. The molecule has 5 heteroatoms. The lowest BCUT2D eigenvalue weighted by atomic mass is 10.0. The molecule has 23 heavy (non-hydrogen) atoms. The minimum atomic E-state index is -0.827. The standard InChI is InChI=1S/C18H12F3NO/c19-12-3-1-2-11(8-12)15-10-14(22)5-7-17(15)23-18-6-4-13(20)9-16(18)21/h1-10H,22H2. The molecule has 116 valence electrons. The highest BCUT2D eigenvalue weighted by atomic mass is 19.1. The van der Waals surface area contributed by atoms with E-state index in [-0.39, 0.29) is 11.5 Å². The van der Waals surface area contributed by atoms with Crippen LogP contribution in [0.25, 0.3) is 11.1 Å². The summed E-state index contributed by atoms with van der Waals surface area (Å²) in [5.74, 6) is -1.78. The molecule has 0 bridgehead atoms. The van der Waals surface area contributed by atoms with Gasteiger partial charge in [-0.3, -0.25) is 0 Å². The van der Waals surface area contributed by atoms with Gasteiger partial charge in [0.15, 0.2) is 11.6 Å². The Morgan fingerprint density at radius 1 is 0.739 bits per heavy atom. The fourth-order valence-electron chi connectivity index (χ4n) is 2.19. The van der Waals surface area contributed by atoms with Crippen LogP contribution in [-0.4, -0.2) is 0 Å². The maximum absolute atomic E-state index is 13.8. The van der Waals surface area contributed by atoms with Crippen LogP contribution in [-0.2, 0) is 0 Å². The Hall–Kier alpha value is -2.95. The van der Waals surface area contributed by atoms with Gasteiger partial charge in [-0.15, -0.1) is 0 Å². The van der Waals surface area contributed by atoms with Gasteiger partial charge >= 0.3 is 0 Å². The molecule has 0 aromatic heterocycles. The molecule has 2 N–H and O–H groups in total. The van der Waals surface area contributed by atoms with Crippen LogP contribution in [0.1, 0.15) is 0 Å². The topological polar surface area (TPSA) is 35.2 Å². The second kappa shape index (κ2) is 6.04. The number of ether oxygens (including phenoxy) is 1. The number of benzene rings is 3. The first kappa shape index (κ1) is 15.0. The number of hydrogen-bond acceptors (Lipinski definition) is 2. The van der Waals surface area contributed by atoms with Crippen molar-refractivity contribution in [1.29, 1.82) is 0 Å². The first-order valence-corrected chi connectivity index (χ1v) is 6.81. The molecule has 3 aromatic rings. The summed E-state index contributed by atoms with van der Waals surface area (Å²) in [5, 5.41) is 0. The van der Waals surface area contributed by atoms with Gasteiger partial charge in [-0.05, 0) is 48.0 Å². The van der Waals surface area contributed by atoms with Crippen molar-refractivity contribution in [2.24, 2.45) is 0 Å². The Balaban J connectivity index is 2.06. The van der Waals surface area contributed by atoms with Crippen LogP contribution >= 0.6 is 0 Å². The fraction of sp³-hybridized carbons (Fsp3) is 0. The SMILES string of the molecule is Nc1ccc(Oc2ccc(F)cc2F)c(-c2cccc(F)c2)c1. The van der Waals surface area contributed by atoms with E-state index < -0.39 is 17.5 Å². The van der Waals surface area contributed by atoms with Crippen molar-refractivity contribution in [3.8, 4) is 22.6 Å². The van der Waals surface area contributed by atoms with Gasteiger partial charge in [-0.1, -0.05) is 12.1 Å². The maximum atomic E-state index is 13.8. The zero-order valence-electron chi connectivity index (χ0n) is 11.9. The van der Waals surface area contributed by atoms with Crippen molar-refractivity contribution >= 4 is 5.69 Å². The molecule has 2 nitrogen and oxygen atoms in total. The van der Waals surface area contributed by atoms with Crippen LogP contribution in [0.2, 0.25) is 0 Å². The van der Waals surface area contributed by atoms with Crippen LogP contribution in [0.15, 0.2) is 60.7 Å². The van der Waals surface area contributed by atoms with Crippen LogP contribution in [0.4, 0.5) is 18.9 Å². The second-order valence-electron chi connectivity index (χ2n) is 4.94. The average molecular weight is 315 g/mol. The molecule has 0 radical (unpaired) electrons. The van der Waals surface area contributed by atoms with Crippen molar-refractivity contribution in [3.63, 3.8) is 0 Å². The second-order valence-corrected chi connectivity index (χ2v) is 4.94. The molecule has 0 saturated heterocycles. The first-order chi connectivity index (χ1) is 11.0. The molecule has 0 unspecified atom stereocenters. The summed E-state index contributed by atoms with van der Waals surface area (Å²) in [6.07, 6.45) is 0. The molecule has 0 spiro atoms. The minimum absolute atomic E-state index is 0.131. The molecule has 0 amide bonds. The van der Waals surface area contributed by atoms with E-state index >= 15 is 0 Å². The fourth-order valence-corrected chi connectivity index (χ4v) is 2.19. The Kier molecular flexibility index (Phi) is 3.93. The molecular weight excluding hydrogens is 303 g/mol. The lowest BCUT2D eigenvalue weighted by Gasteiger charge is -2.13. The van der Waals surface area contributed by atoms with Gasteiger partial charge in [0.25, 0.3) is 0 Å². The molecule has 0 aliphatic rings. The third kappa shape index (κ3) is 3.29. The minimum Gasteiger partial charge on any atom is -0.454 e. The normalized spacial score (nSPS) is 10.6. The van der Waals surface area contributed by atoms with Crippen molar-refractivity contribution in [3.05, 3.63) is 78.1 Å². The summed E-state index contributed by atoms with van der Waals surface area (Å²) in [7, 11) is 0. The van der Waals surface area contributed by atoms with Gasteiger partial charge in [0.2, 0.25) is 0 Å². The van der Waals surface area contributed by atoms with Crippen molar-refractivity contribution < 1.29 is 17.9 Å². The van der Waals surface area contributed by atoms with Crippen molar-refractivity contribution in [1.82, 2.24) is 0 Å². The number of nitrogen functional groups attached to an aromatic ring is 1. The average Bonchev–Trinajstić information content (AvgIpc) is 2.51. The van der Waals surface area contributed by atoms with Crippen LogP contribution < -0.4 is 10.5 Å². The predicted octanol–water partition coefficient (Wildman–Crippen LogP) is 5.15. The van der Waals surface area contributed by atoms with Gasteiger partial charge in [-0.25, -0.2) is 13.2 Å². The van der Waals surface area contributed by atoms with Crippen LogP contribution in [0, 0.1) is 17.5 Å². The van der Waals surface area contributed by atoms with Crippen LogP contribution in [0.3, 0.4) is 0 Å². The zero-order valence-corrected chi connectivity index (χ0v) is 11.9. The van der Waals surface area contributed by atoms with E-state index in [0.29, 0.717) is 16.8 Å². The molecular formula is C18H12F3NO. The summed E-state index contributed by atoms with van der Waals surface area (Å²) in [6.45, 7) is 0. The van der Waals surface area contributed by atoms with E-state index in [0.717, 1.165) is 12.1 Å². The summed E-state index contributed by atoms with van der Waals surface area (Å²) >= 11 is 0. The monoisotopic (exact) mass is 315 g/mol. The van der Waals surface area contributed by atoms with E-state index in [4.69, 9.17) is 10.5 Å². The lowest BCUT2D eigenvalue weighted by Crippen LogP contribution is -1.94. The van der Waals surface area contributed by atoms with Crippen molar-refractivity contribution in [2.75, 3.05) is 5.73 Å². The molecule has 0 heterocycles. The number of rotatable bonds is 3. The summed E-state index contributed by atoms with van der Waals surface area (Å²) in [5.41, 5.74) is 7.27. The summed E-state index contributed by atoms with van der Waals surface area (Å²) in [4.78, 5) is 0. The molecule has 0 atom stereocenters.